The number of carboxylic acids is 2. The summed E-state index contributed by atoms with van der Waals surface area (Å²) in [4.78, 5) is 20.5. The molecular weight excluding hydrogens is 340 g/mol. The van der Waals surface area contributed by atoms with Gasteiger partial charge in [0, 0.05) is 0 Å². The van der Waals surface area contributed by atoms with Gasteiger partial charge in [0.25, 0.3) is 10.1 Å². The second kappa shape index (κ2) is 8.06. The summed E-state index contributed by atoms with van der Waals surface area (Å²) in [6.07, 6.45) is 0. The Morgan fingerprint density at radius 2 is 1.58 bits per heavy atom. The first-order valence-corrected chi connectivity index (χ1v) is 7.70. The largest absolute Gasteiger partial charge is 0.478 e. The molecule has 0 aliphatic heterocycles. The van der Waals surface area contributed by atoms with Crippen molar-refractivity contribution in [3.05, 3.63) is 59.7 Å². The SMILES string of the molecule is NNc1ccccc1C(=O)O.O=C(O)c1cccc(S(=O)(=O)O)c1. The second-order valence-electron chi connectivity index (χ2n) is 4.30. The number of carbonyl (C=O) groups is 2. The topological polar surface area (TPSA) is 167 Å². The van der Waals surface area contributed by atoms with Crippen molar-refractivity contribution in [1.29, 1.82) is 0 Å². The first kappa shape index (κ1) is 19.1. The zero-order valence-electron chi connectivity index (χ0n) is 12.1. The standard InChI is InChI=1S/C7H8N2O2.C7H6O5S/c8-9-6-4-2-1-3-5(6)7(10)11;8-7(9)5-2-1-3-6(4-5)13(10,11)12/h1-4,9H,8H2,(H,10,11);1-4H,(H,8,9)(H,10,11,12). The molecule has 0 aliphatic carbocycles. The van der Waals surface area contributed by atoms with Crippen LogP contribution in [0.1, 0.15) is 20.7 Å². The van der Waals surface area contributed by atoms with Crippen molar-refractivity contribution in [3.63, 3.8) is 0 Å². The van der Waals surface area contributed by atoms with Gasteiger partial charge in [-0.3, -0.25) is 10.4 Å². The van der Waals surface area contributed by atoms with E-state index in [1.54, 1.807) is 18.2 Å². The van der Waals surface area contributed by atoms with E-state index in [0.717, 1.165) is 12.1 Å². The molecule has 0 aliphatic rings. The lowest BCUT2D eigenvalue weighted by molar-refractivity contribution is 0.0686. The van der Waals surface area contributed by atoms with Crippen LogP contribution in [0.25, 0.3) is 0 Å². The fraction of sp³-hybridized carbons (Fsp3) is 0. The summed E-state index contributed by atoms with van der Waals surface area (Å²) in [5.74, 6) is 2.84. The van der Waals surface area contributed by atoms with Crippen molar-refractivity contribution < 1.29 is 32.8 Å². The number of benzene rings is 2. The molecule has 128 valence electrons. The molecule has 0 bridgehead atoms. The minimum atomic E-state index is -4.32. The van der Waals surface area contributed by atoms with Gasteiger partial charge in [-0.25, -0.2) is 9.59 Å². The molecule has 0 amide bonds. The first-order valence-electron chi connectivity index (χ1n) is 6.26. The van der Waals surface area contributed by atoms with E-state index >= 15 is 0 Å². The minimum absolute atomic E-state index is 0.176. The summed E-state index contributed by atoms with van der Waals surface area (Å²) < 4.78 is 29.7. The second-order valence-corrected chi connectivity index (χ2v) is 5.72. The normalized spacial score (nSPS) is 10.2. The number of para-hydroxylation sites is 1. The Bertz CT molecular complexity index is 850. The predicted molar refractivity (Wildman–Crippen MR) is 84.4 cm³/mol. The van der Waals surface area contributed by atoms with E-state index in [0.29, 0.717) is 5.69 Å². The Morgan fingerprint density at radius 1 is 0.958 bits per heavy atom. The third-order valence-corrected chi connectivity index (χ3v) is 3.54. The van der Waals surface area contributed by atoms with E-state index in [-0.39, 0.29) is 11.1 Å². The number of aromatic carboxylic acids is 2. The van der Waals surface area contributed by atoms with Crippen LogP contribution >= 0.6 is 0 Å². The van der Waals surface area contributed by atoms with Crippen LogP contribution in [0.2, 0.25) is 0 Å². The van der Waals surface area contributed by atoms with E-state index in [1.165, 1.54) is 18.2 Å². The van der Waals surface area contributed by atoms with Crippen LogP contribution in [0.5, 0.6) is 0 Å². The fourth-order valence-corrected chi connectivity index (χ4v) is 2.11. The maximum atomic E-state index is 10.6. The molecule has 10 heteroatoms. The monoisotopic (exact) mass is 354 g/mol. The molecule has 2 aromatic rings. The third kappa shape index (κ3) is 5.35. The molecule has 0 heterocycles. The summed E-state index contributed by atoms with van der Waals surface area (Å²) in [5.41, 5.74) is 2.70. The average molecular weight is 354 g/mol. The average Bonchev–Trinajstić information content (AvgIpc) is 2.54. The highest BCUT2D eigenvalue weighted by molar-refractivity contribution is 7.85. The highest BCUT2D eigenvalue weighted by atomic mass is 32.2. The van der Waals surface area contributed by atoms with E-state index in [4.69, 9.17) is 20.6 Å². The summed E-state index contributed by atoms with van der Waals surface area (Å²) in [6.45, 7) is 0. The quantitative estimate of drug-likeness (QED) is 0.309. The zero-order valence-corrected chi connectivity index (χ0v) is 12.9. The van der Waals surface area contributed by atoms with Crippen LogP contribution in [-0.4, -0.2) is 35.1 Å². The molecule has 0 unspecified atom stereocenters. The summed E-state index contributed by atoms with van der Waals surface area (Å²) in [6, 6.07) is 10.9. The minimum Gasteiger partial charge on any atom is -0.478 e. The lowest BCUT2D eigenvalue weighted by Gasteiger charge is -2.02. The van der Waals surface area contributed by atoms with Gasteiger partial charge < -0.3 is 15.6 Å². The van der Waals surface area contributed by atoms with E-state index in [2.05, 4.69) is 5.43 Å². The van der Waals surface area contributed by atoms with Gasteiger partial charge in [0.15, 0.2) is 0 Å². The predicted octanol–water partition coefficient (Wildman–Crippen LogP) is 1.30. The number of nitrogens with one attached hydrogen (secondary N) is 1. The molecule has 2 aromatic carbocycles. The number of nitrogens with two attached hydrogens (primary N) is 1. The van der Waals surface area contributed by atoms with Gasteiger partial charge in [0.2, 0.25) is 0 Å². The van der Waals surface area contributed by atoms with Gasteiger partial charge >= 0.3 is 11.9 Å². The summed E-state index contributed by atoms with van der Waals surface area (Å²) in [5, 5.41) is 17.1. The third-order valence-electron chi connectivity index (χ3n) is 2.69. The van der Waals surface area contributed by atoms with Crippen molar-refractivity contribution in [1.82, 2.24) is 0 Å². The highest BCUT2D eigenvalue weighted by Crippen LogP contribution is 2.12. The molecule has 9 nitrogen and oxygen atoms in total. The number of nitrogen functional groups attached to an aromatic ring is 1. The van der Waals surface area contributed by atoms with Crippen LogP contribution in [0.15, 0.2) is 53.4 Å². The number of hydrogen-bond donors (Lipinski definition) is 5. The van der Waals surface area contributed by atoms with Gasteiger partial charge in [-0.2, -0.15) is 8.42 Å². The Kier molecular flexibility index (Phi) is 6.41. The molecular formula is C14H14N2O7S. The first-order chi connectivity index (χ1) is 11.2. The smallest absolute Gasteiger partial charge is 0.337 e. The van der Waals surface area contributed by atoms with E-state index in [9.17, 15) is 18.0 Å². The van der Waals surface area contributed by atoms with Gasteiger partial charge in [-0.15, -0.1) is 0 Å². The van der Waals surface area contributed by atoms with Gasteiger partial charge in [0.05, 0.1) is 21.7 Å². The van der Waals surface area contributed by atoms with Crippen molar-refractivity contribution in [2.45, 2.75) is 4.90 Å². The molecule has 0 radical (unpaired) electrons. The fourth-order valence-electron chi connectivity index (χ4n) is 1.59. The lowest BCUT2D eigenvalue weighted by atomic mass is 10.2. The van der Waals surface area contributed by atoms with Crippen molar-refractivity contribution >= 4 is 27.7 Å². The molecule has 0 atom stereocenters. The van der Waals surface area contributed by atoms with Gasteiger partial charge in [0.1, 0.15) is 0 Å². The van der Waals surface area contributed by atoms with E-state index in [1.807, 2.05) is 0 Å². The molecule has 0 aromatic heterocycles. The van der Waals surface area contributed by atoms with Crippen molar-refractivity contribution in [3.8, 4) is 0 Å². The van der Waals surface area contributed by atoms with Crippen LogP contribution in [0.4, 0.5) is 5.69 Å². The number of hydrogen-bond acceptors (Lipinski definition) is 6. The molecule has 6 N–H and O–H groups in total. The van der Waals surface area contributed by atoms with Crippen molar-refractivity contribution in [2.75, 3.05) is 5.43 Å². The summed E-state index contributed by atoms with van der Waals surface area (Å²) in [7, 11) is -4.32. The highest BCUT2D eigenvalue weighted by Gasteiger charge is 2.11. The molecule has 0 spiro atoms. The Hall–Kier alpha value is -2.95. The Balaban J connectivity index is 0.000000243. The van der Waals surface area contributed by atoms with Crippen molar-refractivity contribution in [2.24, 2.45) is 5.84 Å². The summed E-state index contributed by atoms with van der Waals surface area (Å²) >= 11 is 0. The number of carboxylic acid groups (broad SMARTS) is 2. The molecule has 0 saturated carbocycles. The van der Waals surface area contributed by atoms with E-state index < -0.39 is 27.0 Å². The number of anilines is 1. The van der Waals surface area contributed by atoms with Crippen LogP contribution < -0.4 is 11.3 Å². The number of hydrazine groups is 1. The maximum absolute atomic E-state index is 10.6. The van der Waals surface area contributed by atoms with Gasteiger partial charge in [-0.05, 0) is 30.3 Å². The molecule has 0 fully saturated rings. The number of rotatable bonds is 4. The maximum Gasteiger partial charge on any atom is 0.337 e. The van der Waals surface area contributed by atoms with Crippen LogP contribution in [-0.2, 0) is 10.1 Å². The molecule has 2 rings (SSSR count). The Morgan fingerprint density at radius 3 is 2.04 bits per heavy atom. The Labute approximate surface area is 137 Å². The zero-order chi connectivity index (χ0) is 18.3. The van der Waals surface area contributed by atoms with Crippen LogP contribution in [0, 0.1) is 0 Å². The van der Waals surface area contributed by atoms with Gasteiger partial charge in [-0.1, -0.05) is 18.2 Å². The molecule has 0 saturated heterocycles. The molecule has 24 heavy (non-hydrogen) atoms. The van der Waals surface area contributed by atoms with Crippen LogP contribution in [0.3, 0.4) is 0 Å². The lowest BCUT2D eigenvalue weighted by Crippen LogP contribution is -2.11.